The van der Waals surface area contributed by atoms with Gasteiger partial charge in [-0.15, -0.1) is 0 Å². The monoisotopic (exact) mass is 474 g/mol. The van der Waals surface area contributed by atoms with Gasteiger partial charge in [-0.2, -0.15) is 26.3 Å². The molecule has 13 heteroatoms. The Morgan fingerprint density at radius 1 is 1.06 bits per heavy atom. The number of benzene rings is 1. The topological polar surface area (TPSA) is 107 Å². The molecular weight excluding hydrogens is 450 g/mol. The van der Waals surface area contributed by atoms with Crippen LogP contribution in [0.2, 0.25) is 0 Å². The second-order valence-corrected chi connectivity index (χ2v) is 6.62. The summed E-state index contributed by atoms with van der Waals surface area (Å²) in [5.41, 5.74) is 2.23. The van der Waals surface area contributed by atoms with Crippen LogP contribution in [0.3, 0.4) is 0 Å². The maximum atomic E-state index is 12.0. The molecule has 3 N–H and O–H groups in total. The zero-order valence-corrected chi connectivity index (χ0v) is 17.3. The van der Waals surface area contributed by atoms with Crippen molar-refractivity contribution in [3.8, 4) is 0 Å². The maximum absolute atomic E-state index is 12.0. The molecule has 0 bridgehead atoms. The molecule has 0 unspecified atom stereocenters. The first kappa shape index (κ1) is 29.2. The first-order chi connectivity index (χ1) is 14.6. The highest BCUT2D eigenvalue weighted by Crippen LogP contribution is 2.22. The van der Waals surface area contributed by atoms with Crippen molar-refractivity contribution in [2.75, 3.05) is 18.0 Å². The van der Waals surface area contributed by atoms with Gasteiger partial charge in [0.25, 0.3) is 0 Å². The van der Waals surface area contributed by atoms with Crippen LogP contribution in [0, 0.1) is 6.92 Å². The molecule has 1 atom stereocenters. The fourth-order valence-corrected chi connectivity index (χ4v) is 2.46. The minimum atomic E-state index is -5.08. The molecule has 1 aromatic rings. The van der Waals surface area contributed by atoms with Crippen molar-refractivity contribution >= 4 is 23.5 Å². The number of anilines is 1. The summed E-state index contributed by atoms with van der Waals surface area (Å²) in [6.07, 6.45) is -6.60. The van der Waals surface area contributed by atoms with Gasteiger partial charge in [0.05, 0.1) is 6.54 Å². The normalized spacial score (nSPS) is 16.3. The van der Waals surface area contributed by atoms with Crippen LogP contribution in [0.25, 0.3) is 0 Å². The smallest absolute Gasteiger partial charge is 0.475 e. The SMILES string of the molecule is CCCC[C@H]1CN(c2ccccc2C)C(=O)CN1.O=C(O)C(F)(F)F.O=C(O)C(F)(F)F. The van der Waals surface area contributed by atoms with E-state index < -0.39 is 24.3 Å². The number of rotatable bonds is 4. The average Bonchev–Trinajstić information content (AvgIpc) is 2.67. The number of alkyl halides is 6. The number of hydrogen-bond donors (Lipinski definition) is 3. The van der Waals surface area contributed by atoms with E-state index in [4.69, 9.17) is 19.8 Å². The minimum absolute atomic E-state index is 0.178. The number of halogens is 6. The van der Waals surface area contributed by atoms with Gasteiger partial charge in [-0.05, 0) is 25.0 Å². The number of carboxylic acid groups (broad SMARTS) is 2. The summed E-state index contributed by atoms with van der Waals surface area (Å²) in [4.78, 5) is 31.8. The first-order valence-electron chi connectivity index (χ1n) is 9.30. The van der Waals surface area contributed by atoms with Crippen LogP contribution in [-0.4, -0.2) is 59.5 Å². The van der Waals surface area contributed by atoms with Crippen LogP contribution < -0.4 is 10.2 Å². The van der Waals surface area contributed by atoms with E-state index in [9.17, 15) is 31.1 Å². The van der Waals surface area contributed by atoms with Crippen LogP contribution >= 0.6 is 0 Å². The summed E-state index contributed by atoms with van der Waals surface area (Å²) in [7, 11) is 0. The van der Waals surface area contributed by atoms with Crippen LogP contribution in [0.15, 0.2) is 24.3 Å². The van der Waals surface area contributed by atoms with Gasteiger partial charge in [-0.25, -0.2) is 9.59 Å². The van der Waals surface area contributed by atoms with E-state index in [0.29, 0.717) is 12.6 Å². The van der Waals surface area contributed by atoms with Crippen LogP contribution in [0.1, 0.15) is 31.7 Å². The van der Waals surface area contributed by atoms with Gasteiger partial charge in [0.15, 0.2) is 0 Å². The lowest BCUT2D eigenvalue weighted by atomic mass is 10.1. The number of hydrogen-bond acceptors (Lipinski definition) is 4. The molecule has 1 fully saturated rings. The highest BCUT2D eigenvalue weighted by atomic mass is 19.4. The highest BCUT2D eigenvalue weighted by molar-refractivity contribution is 5.96. The predicted molar refractivity (Wildman–Crippen MR) is 102 cm³/mol. The Morgan fingerprint density at radius 2 is 1.53 bits per heavy atom. The lowest BCUT2D eigenvalue weighted by Gasteiger charge is -2.34. The number of amides is 1. The largest absolute Gasteiger partial charge is 0.490 e. The van der Waals surface area contributed by atoms with Gasteiger partial charge in [0, 0.05) is 18.3 Å². The number of nitrogens with zero attached hydrogens (tertiary/aromatic N) is 1. The molecule has 0 aromatic heterocycles. The van der Waals surface area contributed by atoms with E-state index in [1.54, 1.807) is 0 Å². The molecule has 7 nitrogen and oxygen atoms in total. The molecule has 0 radical (unpaired) electrons. The number of nitrogens with one attached hydrogen (secondary N) is 1. The molecule has 182 valence electrons. The van der Waals surface area contributed by atoms with E-state index in [2.05, 4.69) is 25.2 Å². The van der Waals surface area contributed by atoms with Gasteiger partial charge in [-0.3, -0.25) is 4.79 Å². The Hall–Kier alpha value is -2.83. The Morgan fingerprint density at radius 3 is 1.94 bits per heavy atom. The van der Waals surface area contributed by atoms with E-state index in [0.717, 1.165) is 18.7 Å². The standard InChI is InChI=1S/C15H22N2O.2C2HF3O2/c1-3-4-8-13-11-17(15(18)10-16-13)14-9-6-5-7-12(14)2;2*3-2(4,5)1(6)7/h5-7,9,13,16H,3-4,8,10-11H2,1-2H3;2*(H,6,7)/t13-;;/m0../s1. The lowest BCUT2D eigenvalue weighted by Crippen LogP contribution is -2.54. The first-order valence-corrected chi connectivity index (χ1v) is 9.30. The summed E-state index contributed by atoms with van der Waals surface area (Å²) < 4.78 is 63.5. The maximum Gasteiger partial charge on any atom is 0.490 e. The summed E-state index contributed by atoms with van der Waals surface area (Å²) >= 11 is 0. The number of piperazine rings is 1. The third-order valence-corrected chi connectivity index (χ3v) is 4.04. The van der Waals surface area contributed by atoms with Crippen molar-refractivity contribution in [1.82, 2.24) is 5.32 Å². The average molecular weight is 474 g/mol. The van der Waals surface area contributed by atoms with Crippen LogP contribution in [0.5, 0.6) is 0 Å². The van der Waals surface area contributed by atoms with Crippen molar-refractivity contribution in [3.63, 3.8) is 0 Å². The number of unbranched alkanes of at least 4 members (excludes halogenated alkanes) is 1. The second-order valence-electron chi connectivity index (χ2n) is 6.62. The molecule has 1 saturated heterocycles. The Balaban J connectivity index is 0.000000570. The Bertz CT molecular complexity index is 743. The van der Waals surface area contributed by atoms with Crippen LogP contribution in [-0.2, 0) is 14.4 Å². The number of carbonyl (C=O) groups excluding carboxylic acids is 1. The number of aliphatic carboxylic acids is 2. The van der Waals surface area contributed by atoms with Crippen LogP contribution in [0.4, 0.5) is 32.0 Å². The molecule has 0 spiro atoms. The summed E-state index contributed by atoms with van der Waals surface area (Å²) in [5.74, 6) is -5.34. The summed E-state index contributed by atoms with van der Waals surface area (Å²) in [6.45, 7) is 5.52. The van der Waals surface area contributed by atoms with Crippen molar-refractivity contribution in [2.24, 2.45) is 0 Å². The molecule has 32 heavy (non-hydrogen) atoms. The molecular formula is C19H24F6N2O5. The third kappa shape index (κ3) is 11.0. The zero-order chi connectivity index (χ0) is 25.1. The number of aryl methyl sites for hydroxylation is 1. The number of para-hydroxylation sites is 1. The fraction of sp³-hybridized carbons (Fsp3) is 0.526. The lowest BCUT2D eigenvalue weighted by molar-refractivity contribution is -0.193. The van der Waals surface area contributed by atoms with Crippen molar-refractivity contribution in [2.45, 2.75) is 51.5 Å². The molecule has 1 amide bonds. The second kappa shape index (κ2) is 12.9. The van der Waals surface area contributed by atoms with E-state index in [1.807, 2.05) is 23.1 Å². The molecule has 0 aliphatic carbocycles. The van der Waals surface area contributed by atoms with Gasteiger partial charge < -0.3 is 20.4 Å². The summed E-state index contributed by atoms with van der Waals surface area (Å²) in [6, 6.07) is 8.54. The molecule has 1 aliphatic rings. The summed E-state index contributed by atoms with van der Waals surface area (Å²) in [5, 5.41) is 17.6. The minimum Gasteiger partial charge on any atom is -0.475 e. The van der Waals surface area contributed by atoms with Gasteiger partial charge >= 0.3 is 24.3 Å². The number of carboxylic acids is 2. The molecule has 1 aromatic carbocycles. The van der Waals surface area contributed by atoms with Crippen molar-refractivity contribution < 1.29 is 50.9 Å². The molecule has 0 saturated carbocycles. The number of carbonyl (C=O) groups is 3. The van der Waals surface area contributed by atoms with Gasteiger partial charge in [0.2, 0.25) is 5.91 Å². The quantitative estimate of drug-likeness (QED) is 0.574. The van der Waals surface area contributed by atoms with Gasteiger partial charge in [-0.1, -0.05) is 38.0 Å². The molecule has 2 rings (SSSR count). The highest BCUT2D eigenvalue weighted by Gasteiger charge is 2.38. The fourth-order valence-electron chi connectivity index (χ4n) is 2.46. The molecule has 1 heterocycles. The molecule has 1 aliphatic heterocycles. The van der Waals surface area contributed by atoms with Crippen molar-refractivity contribution in [1.29, 1.82) is 0 Å². The predicted octanol–water partition coefficient (Wildman–Crippen LogP) is 3.76. The zero-order valence-electron chi connectivity index (χ0n) is 17.3. The third-order valence-electron chi connectivity index (χ3n) is 4.04. The van der Waals surface area contributed by atoms with E-state index >= 15 is 0 Å². The Kier molecular flexibility index (Phi) is 11.7. The van der Waals surface area contributed by atoms with Crippen molar-refractivity contribution in [3.05, 3.63) is 29.8 Å². The van der Waals surface area contributed by atoms with E-state index in [-0.39, 0.29) is 5.91 Å². The van der Waals surface area contributed by atoms with Gasteiger partial charge in [0.1, 0.15) is 0 Å². The Labute approximate surface area is 180 Å². The van der Waals surface area contributed by atoms with E-state index in [1.165, 1.54) is 18.4 Å².